The van der Waals surface area contributed by atoms with Gasteiger partial charge in [-0.1, -0.05) is 0 Å². The van der Waals surface area contributed by atoms with Crippen molar-refractivity contribution in [1.82, 2.24) is 10.3 Å². The number of hydrogen-bond donors (Lipinski definition) is 2. The molecule has 1 unspecified atom stereocenters. The molecule has 0 amide bonds. The van der Waals surface area contributed by atoms with Crippen molar-refractivity contribution < 1.29 is 27.6 Å². The molecule has 0 bridgehead atoms. The van der Waals surface area contributed by atoms with E-state index in [9.17, 15) is 23.3 Å². The van der Waals surface area contributed by atoms with E-state index in [-0.39, 0.29) is 12.4 Å². The number of carbonyl (C=O) groups is 1. The molecule has 1 atom stereocenters. The molecule has 2 aliphatic rings. The molecule has 0 aromatic heterocycles. The number of hydrogen-bond acceptors (Lipinski definition) is 13. The Morgan fingerprint density at radius 3 is 2.63 bits per heavy atom. The normalized spacial score (nSPS) is 18.0. The van der Waals surface area contributed by atoms with Gasteiger partial charge >= 0.3 is 11.7 Å². The summed E-state index contributed by atoms with van der Waals surface area (Å²) in [6, 6.07) is 5.04. The number of allylic oxidation sites excluding steroid dienone is 1. The van der Waals surface area contributed by atoms with Crippen LogP contribution >= 0.6 is 0 Å². The van der Waals surface area contributed by atoms with Crippen molar-refractivity contribution in [2.75, 3.05) is 44.9 Å². The third-order valence-corrected chi connectivity index (χ3v) is 6.07. The lowest BCUT2D eigenvalue weighted by Gasteiger charge is -2.30. The number of nitrogens with one attached hydrogen (secondary N) is 1. The molecule has 1 aromatic carbocycles. The van der Waals surface area contributed by atoms with Crippen molar-refractivity contribution in [1.29, 1.82) is 0 Å². The average Bonchev–Trinajstić information content (AvgIpc) is 3.29. The van der Waals surface area contributed by atoms with Gasteiger partial charge in [-0.05, 0) is 19.1 Å². The van der Waals surface area contributed by atoms with E-state index < -0.39 is 49.9 Å². The number of nitrogens with two attached hydrogens (primary N) is 1. The lowest BCUT2D eigenvalue weighted by molar-refractivity contribution is -0.419. The molecule has 35 heavy (non-hydrogen) atoms. The Balaban J connectivity index is 2.14. The van der Waals surface area contributed by atoms with Gasteiger partial charge < -0.3 is 19.7 Å². The van der Waals surface area contributed by atoms with Crippen LogP contribution in [-0.2, 0) is 19.4 Å². The van der Waals surface area contributed by atoms with E-state index in [2.05, 4.69) is 15.3 Å². The molecule has 2 aliphatic heterocycles. The number of benzene rings is 1. The number of esters is 1. The minimum Gasteiger partial charge on any atom is -0.466 e. The summed E-state index contributed by atoms with van der Waals surface area (Å²) in [5, 5.41) is 15.7. The van der Waals surface area contributed by atoms with Gasteiger partial charge in [0, 0.05) is 44.2 Å². The van der Waals surface area contributed by atoms with Gasteiger partial charge in [-0.15, -0.1) is 0 Å². The maximum Gasteiger partial charge on any atom is 0.352 e. The van der Waals surface area contributed by atoms with Crippen LogP contribution in [0.2, 0.25) is 0 Å². The molecule has 0 saturated carbocycles. The monoisotopic (exact) mass is 509 g/mol. The SMILES string of the molecule is CCOC(=O)CC1=NC(S(C)(=O)=O)N(N)C(Oc2cc(C3=NCCN3)cc(N(C)C)c2)=C1[N+](=O)[O-]. The van der Waals surface area contributed by atoms with Gasteiger partial charge in [0.1, 0.15) is 17.3 Å². The highest BCUT2D eigenvalue weighted by atomic mass is 32.2. The highest BCUT2D eigenvalue weighted by Gasteiger charge is 2.43. The fraction of sp³-hybridized carbons (Fsp3) is 0.450. The topological polar surface area (TPSA) is 182 Å². The fourth-order valence-electron chi connectivity index (χ4n) is 3.41. The van der Waals surface area contributed by atoms with Gasteiger partial charge in [0.15, 0.2) is 9.84 Å². The highest BCUT2D eigenvalue weighted by Crippen LogP contribution is 2.30. The summed E-state index contributed by atoms with van der Waals surface area (Å²) in [7, 11) is -0.387. The molecule has 0 spiro atoms. The molecule has 14 nitrogen and oxygen atoms in total. The summed E-state index contributed by atoms with van der Waals surface area (Å²) in [6.45, 7) is 2.85. The number of hydrazine groups is 1. The zero-order chi connectivity index (χ0) is 25.9. The summed E-state index contributed by atoms with van der Waals surface area (Å²) in [6.07, 6.45) is 0.229. The van der Waals surface area contributed by atoms with Crippen LogP contribution in [0.15, 0.2) is 39.8 Å². The highest BCUT2D eigenvalue weighted by molar-refractivity contribution is 7.91. The second-order valence-corrected chi connectivity index (χ2v) is 9.98. The molecule has 2 heterocycles. The first-order chi connectivity index (χ1) is 16.4. The first-order valence-corrected chi connectivity index (χ1v) is 12.5. The van der Waals surface area contributed by atoms with Crippen molar-refractivity contribution in [3.63, 3.8) is 0 Å². The largest absolute Gasteiger partial charge is 0.466 e. The number of sulfone groups is 1. The maximum atomic E-state index is 12.4. The average molecular weight is 510 g/mol. The predicted octanol–water partition coefficient (Wildman–Crippen LogP) is -0.161. The van der Waals surface area contributed by atoms with Crippen LogP contribution in [0.5, 0.6) is 5.75 Å². The molecule has 0 fully saturated rings. The molecule has 3 rings (SSSR count). The van der Waals surface area contributed by atoms with E-state index in [1.165, 1.54) is 0 Å². The molecule has 15 heteroatoms. The Morgan fingerprint density at radius 2 is 2.09 bits per heavy atom. The minimum absolute atomic E-state index is 0.0313. The van der Waals surface area contributed by atoms with Crippen LogP contribution in [0.4, 0.5) is 5.69 Å². The van der Waals surface area contributed by atoms with E-state index in [1.807, 2.05) is 6.07 Å². The van der Waals surface area contributed by atoms with Crippen molar-refractivity contribution in [2.45, 2.75) is 18.8 Å². The number of aliphatic imine (C=N–C) groups is 2. The number of nitro groups is 1. The minimum atomic E-state index is -3.99. The second kappa shape index (κ2) is 10.3. The van der Waals surface area contributed by atoms with Gasteiger partial charge in [0.2, 0.25) is 5.50 Å². The third kappa shape index (κ3) is 5.86. The zero-order valence-electron chi connectivity index (χ0n) is 19.7. The molecular formula is C20H27N7O7S. The molecule has 0 aliphatic carbocycles. The van der Waals surface area contributed by atoms with Crippen molar-refractivity contribution in [3.05, 3.63) is 45.5 Å². The Labute approximate surface area is 202 Å². The Morgan fingerprint density at radius 1 is 1.37 bits per heavy atom. The zero-order valence-corrected chi connectivity index (χ0v) is 20.5. The van der Waals surface area contributed by atoms with Gasteiger partial charge in [0.05, 0.1) is 24.5 Å². The Kier molecular flexibility index (Phi) is 7.60. The van der Waals surface area contributed by atoms with E-state index in [1.54, 1.807) is 38.1 Å². The van der Waals surface area contributed by atoms with Crippen LogP contribution in [0.25, 0.3) is 0 Å². The Hall–Kier alpha value is -3.72. The van der Waals surface area contributed by atoms with Gasteiger partial charge in [-0.2, -0.15) is 0 Å². The summed E-state index contributed by atoms with van der Waals surface area (Å²) in [5.41, 5.74) is -1.56. The number of carbonyl (C=O) groups excluding carboxylic acids is 1. The maximum absolute atomic E-state index is 12.4. The number of anilines is 1. The van der Waals surface area contributed by atoms with Gasteiger partial charge in [-0.3, -0.25) is 19.9 Å². The van der Waals surface area contributed by atoms with Crippen LogP contribution < -0.4 is 20.8 Å². The van der Waals surface area contributed by atoms with Crippen LogP contribution in [0.3, 0.4) is 0 Å². The second-order valence-electron chi connectivity index (χ2n) is 7.90. The standard InChI is InChI=1S/C20H27N7O7S/c1-5-33-16(28)11-15-17(27(29)30)19(26(21)20(24-15)35(4,31)32)34-14-9-12(18-22-6-7-23-18)8-13(10-14)25(2)3/h8-10,20H,5-7,11,21H2,1-4H3,(H,22,23). The van der Waals surface area contributed by atoms with Gasteiger partial charge in [0.25, 0.3) is 5.88 Å². The summed E-state index contributed by atoms with van der Waals surface area (Å²) in [4.78, 5) is 33.3. The summed E-state index contributed by atoms with van der Waals surface area (Å²) >= 11 is 0. The molecule has 0 saturated heterocycles. The van der Waals surface area contributed by atoms with Crippen molar-refractivity contribution in [3.8, 4) is 5.75 Å². The number of amidine groups is 1. The molecule has 3 N–H and O–H groups in total. The smallest absolute Gasteiger partial charge is 0.352 e. The lowest BCUT2D eigenvalue weighted by Crippen LogP contribution is -2.50. The van der Waals surface area contributed by atoms with Crippen LogP contribution in [-0.4, -0.2) is 81.4 Å². The molecule has 0 radical (unpaired) electrons. The molecular weight excluding hydrogens is 482 g/mol. The third-order valence-electron chi connectivity index (χ3n) is 4.97. The Bertz CT molecular complexity index is 1220. The summed E-state index contributed by atoms with van der Waals surface area (Å²) < 4.78 is 35.5. The fourth-order valence-corrected chi connectivity index (χ4v) is 4.23. The first kappa shape index (κ1) is 25.9. The number of rotatable bonds is 9. The van der Waals surface area contributed by atoms with E-state index in [0.717, 1.165) is 6.26 Å². The van der Waals surface area contributed by atoms with Crippen LogP contribution in [0, 0.1) is 10.1 Å². The van der Waals surface area contributed by atoms with E-state index >= 15 is 0 Å². The number of ether oxygens (including phenoxy) is 2. The van der Waals surface area contributed by atoms with Crippen molar-refractivity contribution in [2.24, 2.45) is 15.8 Å². The lowest BCUT2D eigenvalue weighted by atomic mass is 10.1. The molecule has 190 valence electrons. The first-order valence-electron chi connectivity index (χ1n) is 10.6. The van der Waals surface area contributed by atoms with Gasteiger partial charge in [-0.25, -0.2) is 24.3 Å². The number of nitrogens with zero attached hydrogens (tertiary/aromatic N) is 5. The van der Waals surface area contributed by atoms with Crippen molar-refractivity contribution >= 4 is 33.0 Å². The molecule has 1 aromatic rings. The summed E-state index contributed by atoms with van der Waals surface area (Å²) in [5.74, 6) is 5.35. The predicted molar refractivity (Wildman–Crippen MR) is 128 cm³/mol. The van der Waals surface area contributed by atoms with Crippen LogP contribution in [0.1, 0.15) is 18.9 Å². The van der Waals surface area contributed by atoms with E-state index in [0.29, 0.717) is 35.2 Å². The quantitative estimate of drug-likeness (QED) is 0.195. The van der Waals surface area contributed by atoms with E-state index in [4.69, 9.17) is 15.3 Å².